The Morgan fingerprint density at radius 1 is 1.12 bits per heavy atom. The summed E-state index contributed by atoms with van der Waals surface area (Å²) in [5, 5.41) is 20.5. The lowest BCUT2D eigenvalue weighted by Crippen LogP contribution is -2.34. The number of hydrogen-bond donors (Lipinski definition) is 3. The van der Waals surface area contributed by atoms with Gasteiger partial charge in [0.15, 0.2) is 27.9 Å². The van der Waals surface area contributed by atoms with Crippen LogP contribution in [0.25, 0.3) is 11.2 Å². The normalized spacial score (nSPS) is 28.0. The fourth-order valence-electron chi connectivity index (χ4n) is 2.65. The van der Waals surface area contributed by atoms with E-state index in [0.717, 1.165) is 6.33 Å². The quantitative estimate of drug-likeness (QED) is 0.202. The Labute approximate surface area is 185 Å². The zero-order chi connectivity index (χ0) is 24.1. The maximum Gasteiger partial charge on any atom is 0.278 e. The van der Waals surface area contributed by atoms with Crippen LogP contribution >= 0.6 is 39.4 Å². The Hall–Kier alpha value is -0.880. The molecule has 3 heterocycles. The molecule has 1 aliphatic heterocycles. The van der Waals surface area contributed by atoms with E-state index in [9.17, 15) is 43.5 Å². The molecule has 0 aliphatic carbocycles. The fraction of sp³-hybridized carbons (Fsp3) is 0.500. The minimum Gasteiger partial charge on any atom is -0.790 e. The van der Waals surface area contributed by atoms with Gasteiger partial charge in [0, 0.05) is 0 Å². The number of phosphoric ester groups is 1. The fourth-order valence-corrected chi connectivity index (χ4v) is 6.07. The van der Waals surface area contributed by atoms with Crippen LogP contribution < -0.4 is 25.3 Å². The predicted octanol–water partition coefficient (Wildman–Crippen LogP) is -3.39. The first-order valence-electron chi connectivity index (χ1n) is 7.97. The van der Waals surface area contributed by atoms with Crippen molar-refractivity contribution in [2.24, 2.45) is 0 Å². The summed E-state index contributed by atoms with van der Waals surface area (Å²) in [6, 6.07) is 0. The van der Waals surface area contributed by atoms with Crippen molar-refractivity contribution >= 4 is 56.4 Å². The Balaban J connectivity index is 1.73. The molecule has 4 N–H and O–H groups in total. The van der Waals surface area contributed by atoms with E-state index in [2.05, 4.69) is 44.0 Å². The van der Waals surface area contributed by atoms with E-state index in [0.29, 0.717) is 0 Å². The van der Waals surface area contributed by atoms with Crippen LogP contribution in [-0.2, 0) is 31.6 Å². The van der Waals surface area contributed by atoms with Gasteiger partial charge in [-0.05, 0) is 15.9 Å². The first-order valence-corrected chi connectivity index (χ1v) is 13.1. The number of aliphatic hydroxyl groups excluding tert-OH is 2. The van der Waals surface area contributed by atoms with E-state index in [-0.39, 0.29) is 21.7 Å². The molecule has 6 unspecified atom stereocenters. The van der Waals surface area contributed by atoms with Crippen molar-refractivity contribution in [3.05, 3.63) is 11.1 Å². The molecule has 3 rings (SSSR count). The molecular weight excluding hydrogens is 571 g/mol. The number of nitrogen functional groups attached to an aromatic ring is 1. The van der Waals surface area contributed by atoms with Crippen LogP contribution in [0.4, 0.5) is 5.82 Å². The second kappa shape index (κ2) is 9.05. The first kappa shape index (κ1) is 25.7. The van der Waals surface area contributed by atoms with Gasteiger partial charge < -0.3 is 49.3 Å². The Kier molecular flexibility index (Phi) is 7.28. The average molecular weight is 582 g/mol. The molecule has 1 aliphatic rings. The van der Waals surface area contributed by atoms with Gasteiger partial charge in [0.2, 0.25) is 0 Å². The molecule has 0 radical (unpaired) electrons. The molecule has 0 amide bonds. The molecule has 32 heavy (non-hydrogen) atoms. The highest BCUT2D eigenvalue weighted by Gasteiger charge is 2.45. The molecule has 2 aromatic heterocycles. The number of rotatable bonds is 8. The highest BCUT2D eigenvalue weighted by atomic mass is 79.9. The predicted molar refractivity (Wildman–Crippen MR) is 94.3 cm³/mol. The molecule has 1 fully saturated rings. The number of halogens is 1. The summed E-state index contributed by atoms with van der Waals surface area (Å²) in [7, 11) is -18.1. The second-order valence-electron chi connectivity index (χ2n) is 6.03. The molecule has 180 valence electrons. The van der Waals surface area contributed by atoms with E-state index in [1.807, 2.05) is 0 Å². The number of aliphatic hydroxyl groups is 2. The SMILES string of the molecule is Nc1ncnc2c1nc(Br)n2C1OC(COP(=O)([O-])OP(=O)([O-])OP(=O)([O-])[O-])C(O)C1O. The third-order valence-corrected chi connectivity index (χ3v) is 8.08. The summed E-state index contributed by atoms with van der Waals surface area (Å²) in [6.07, 6.45) is -5.30. The molecule has 1 saturated heterocycles. The monoisotopic (exact) mass is 581 g/mol. The molecule has 6 atom stereocenters. The van der Waals surface area contributed by atoms with E-state index >= 15 is 0 Å². The topological polar surface area (TPSA) is 290 Å². The van der Waals surface area contributed by atoms with Gasteiger partial charge in [0.1, 0.15) is 24.6 Å². The molecule has 0 spiro atoms. The number of nitrogens with two attached hydrogens (primary N) is 1. The Bertz CT molecular complexity index is 1160. The van der Waals surface area contributed by atoms with Crippen molar-refractivity contribution in [3.63, 3.8) is 0 Å². The van der Waals surface area contributed by atoms with E-state index < -0.39 is 54.6 Å². The molecule has 0 bridgehead atoms. The zero-order valence-corrected chi connectivity index (χ0v) is 19.3. The number of anilines is 1. The third-order valence-electron chi connectivity index (χ3n) is 3.85. The maximum atomic E-state index is 11.6. The first-order chi connectivity index (χ1) is 14.6. The molecule has 2 aromatic rings. The van der Waals surface area contributed by atoms with E-state index in [4.69, 9.17) is 10.5 Å². The lowest BCUT2D eigenvalue weighted by molar-refractivity contribution is -0.339. The molecule has 0 saturated carbocycles. The van der Waals surface area contributed by atoms with Crippen LogP contribution in [0, 0.1) is 0 Å². The lowest BCUT2D eigenvalue weighted by atomic mass is 10.1. The largest absolute Gasteiger partial charge is 0.790 e. The number of nitrogens with zero attached hydrogens (tertiary/aromatic N) is 4. The summed E-state index contributed by atoms with van der Waals surface area (Å²) in [5.41, 5.74) is 5.91. The van der Waals surface area contributed by atoms with Gasteiger partial charge in [-0.25, -0.2) is 19.3 Å². The van der Waals surface area contributed by atoms with E-state index in [1.165, 1.54) is 4.57 Å². The van der Waals surface area contributed by atoms with E-state index in [1.54, 1.807) is 0 Å². The lowest BCUT2D eigenvalue weighted by Gasteiger charge is -2.37. The van der Waals surface area contributed by atoms with Crippen LogP contribution in [0.15, 0.2) is 11.1 Å². The number of ether oxygens (including phenoxy) is 1. The number of aromatic nitrogens is 4. The molecule has 22 heteroatoms. The van der Waals surface area contributed by atoms with Crippen molar-refractivity contribution in [1.29, 1.82) is 0 Å². The number of fused-ring (bicyclic) bond motifs is 1. The van der Waals surface area contributed by atoms with Gasteiger partial charge in [-0.15, -0.1) is 0 Å². The summed E-state index contributed by atoms with van der Waals surface area (Å²) < 4.78 is 50.5. The second-order valence-corrected chi connectivity index (χ2v) is 11.0. The Morgan fingerprint density at radius 2 is 1.78 bits per heavy atom. The highest BCUT2D eigenvalue weighted by molar-refractivity contribution is 9.10. The smallest absolute Gasteiger partial charge is 0.278 e. The van der Waals surface area contributed by atoms with Gasteiger partial charge in [-0.1, -0.05) is 0 Å². The van der Waals surface area contributed by atoms with Gasteiger partial charge in [0.05, 0.1) is 14.4 Å². The van der Waals surface area contributed by atoms with Crippen molar-refractivity contribution < 1.29 is 61.4 Å². The van der Waals surface area contributed by atoms with Gasteiger partial charge in [-0.3, -0.25) is 18.0 Å². The third kappa shape index (κ3) is 5.78. The summed E-state index contributed by atoms with van der Waals surface area (Å²) in [4.78, 5) is 55.2. The van der Waals surface area contributed by atoms with Gasteiger partial charge >= 0.3 is 0 Å². The standard InChI is InChI=1S/C10H15BrN5O13P3/c11-10-15-4-7(12)13-2-14-8(4)16(10)9-6(18)5(17)3(27-9)1-26-31(22,23)29-32(24,25)28-30(19,20)21/h2-3,5-6,9,17-18H,1H2,(H,22,23)(H,24,25)(H2,12,13,14)(H2,19,20,21)/p-4. The highest BCUT2D eigenvalue weighted by Crippen LogP contribution is 2.60. The zero-order valence-electron chi connectivity index (χ0n) is 15.1. The minimum absolute atomic E-state index is 0.00298. The van der Waals surface area contributed by atoms with Gasteiger partial charge in [0.25, 0.3) is 15.6 Å². The van der Waals surface area contributed by atoms with Crippen molar-refractivity contribution in [3.8, 4) is 0 Å². The maximum absolute atomic E-state index is 11.6. The summed E-state index contributed by atoms with van der Waals surface area (Å²) in [5.74, 6) is -0.00298. The van der Waals surface area contributed by atoms with Crippen LogP contribution in [0.2, 0.25) is 0 Å². The van der Waals surface area contributed by atoms with Crippen LogP contribution in [0.1, 0.15) is 6.23 Å². The average Bonchev–Trinajstić information content (AvgIpc) is 3.08. The molecule has 0 aromatic carbocycles. The van der Waals surface area contributed by atoms with Crippen LogP contribution in [-0.4, -0.2) is 54.7 Å². The number of imidazole rings is 1. The van der Waals surface area contributed by atoms with Crippen molar-refractivity contribution in [1.82, 2.24) is 19.5 Å². The molecule has 18 nitrogen and oxygen atoms in total. The van der Waals surface area contributed by atoms with Gasteiger partial charge in [-0.2, -0.15) is 0 Å². The van der Waals surface area contributed by atoms with Crippen molar-refractivity contribution in [2.75, 3.05) is 12.3 Å². The van der Waals surface area contributed by atoms with Crippen LogP contribution in [0.3, 0.4) is 0 Å². The van der Waals surface area contributed by atoms with Crippen LogP contribution in [0.5, 0.6) is 0 Å². The Morgan fingerprint density at radius 3 is 2.41 bits per heavy atom. The molecular formula is C10H11BrN5O13P3-4. The number of phosphoric acid groups is 3. The number of hydrogen-bond acceptors (Lipinski definition) is 17. The van der Waals surface area contributed by atoms with Crippen molar-refractivity contribution in [2.45, 2.75) is 24.5 Å². The summed E-state index contributed by atoms with van der Waals surface area (Å²) in [6.45, 7) is -1.09. The summed E-state index contributed by atoms with van der Waals surface area (Å²) >= 11 is 3.11. The minimum atomic E-state index is -6.15.